The zero-order valence-corrected chi connectivity index (χ0v) is 7.52. The summed E-state index contributed by atoms with van der Waals surface area (Å²) in [5.74, 6) is 0. The van der Waals surface area contributed by atoms with Crippen LogP contribution in [0.4, 0.5) is 0 Å². The summed E-state index contributed by atoms with van der Waals surface area (Å²) in [6, 6.07) is 0. The van der Waals surface area contributed by atoms with Crippen LogP contribution in [0.15, 0.2) is 0 Å². The molecule has 0 aliphatic rings. The molecule has 0 saturated heterocycles. The first kappa shape index (κ1) is 41.4. The van der Waals surface area contributed by atoms with Gasteiger partial charge in [-0.05, 0) is 0 Å². The average molecular weight is 208 g/mol. The van der Waals surface area contributed by atoms with Gasteiger partial charge in [0.1, 0.15) is 0 Å². The van der Waals surface area contributed by atoms with Gasteiger partial charge in [-0.2, -0.15) is 23.4 Å². The van der Waals surface area contributed by atoms with Gasteiger partial charge in [-0.3, -0.25) is 0 Å². The monoisotopic (exact) mass is 208 g/mol. The molecular formula is H7NiPSSe. The standard InChI is InChI=1S/Ni.H3P.H2S.H2Se/h;1H3;2*1H2. The van der Waals surface area contributed by atoms with Crippen LogP contribution in [0.1, 0.15) is 0 Å². The Kier molecular flexibility index (Phi) is 222. The zero-order valence-electron chi connectivity index (χ0n) is 2.02. The molecule has 0 rings (SSSR count). The van der Waals surface area contributed by atoms with E-state index in [-0.39, 0.29) is 57.0 Å². The van der Waals surface area contributed by atoms with Gasteiger partial charge in [-0.1, -0.05) is 0 Å². The first-order valence-corrected chi connectivity index (χ1v) is 0. The van der Waals surface area contributed by atoms with Gasteiger partial charge in [0.25, 0.3) is 0 Å². The van der Waals surface area contributed by atoms with Gasteiger partial charge in [0.15, 0.2) is 0 Å². The van der Waals surface area contributed by atoms with Crippen molar-refractivity contribution >= 4 is 40.5 Å². The third-order valence-electron chi connectivity index (χ3n) is 0. The molecule has 0 aromatic carbocycles. The van der Waals surface area contributed by atoms with Crippen LogP contribution in [0.5, 0.6) is 0 Å². The number of hydrogen-bond donors (Lipinski definition) is 0. The van der Waals surface area contributed by atoms with E-state index in [1.165, 1.54) is 0 Å². The van der Waals surface area contributed by atoms with E-state index < -0.39 is 0 Å². The minimum atomic E-state index is 0. The quantitative estimate of drug-likeness (QED) is 0.363. The Morgan fingerprint density at radius 3 is 1.00 bits per heavy atom. The molecule has 0 aliphatic carbocycles. The summed E-state index contributed by atoms with van der Waals surface area (Å²) in [5, 5.41) is 0. The van der Waals surface area contributed by atoms with E-state index in [1.807, 2.05) is 0 Å². The Labute approximate surface area is 57.0 Å². The van der Waals surface area contributed by atoms with Crippen molar-refractivity contribution < 1.29 is 16.5 Å². The third-order valence-corrected chi connectivity index (χ3v) is 0. The van der Waals surface area contributed by atoms with E-state index in [4.69, 9.17) is 0 Å². The van der Waals surface area contributed by atoms with Gasteiger partial charge in [0, 0.05) is 16.5 Å². The predicted molar refractivity (Wildman–Crippen MR) is 30.0 cm³/mol. The van der Waals surface area contributed by atoms with Crippen LogP contribution < -0.4 is 0 Å². The molecule has 0 aromatic heterocycles. The molecular weight excluding hydrogens is 201 g/mol. The number of rotatable bonds is 0. The van der Waals surface area contributed by atoms with Crippen LogP contribution in [0.2, 0.25) is 0 Å². The maximum absolute atomic E-state index is 0. The molecule has 0 N–H and O–H groups in total. The molecule has 0 aliphatic heterocycles. The molecule has 0 amide bonds. The summed E-state index contributed by atoms with van der Waals surface area (Å²) < 4.78 is 0. The van der Waals surface area contributed by atoms with Crippen molar-refractivity contribution in [1.82, 2.24) is 0 Å². The van der Waals surface area contributed by atoms with E-state index in [9.17, 15) is 0 Å². The number of hydrogen-bond acceptors (Lipinski definition) is 0. The van der Waals surface area contributed by atoms with Crippen LogP contribution >= 0.6 is 23.4 Å². The molecule has 0 bridgehead atoms. The van der Waals surface area contributed by atoms with Crippen LogP contribution in [0.3, 0.4) is 0 Å². The Morgan fingerprint density at radius 2 is 1.00 bits per heavy atom. The summed E-state index contributed by atoms with van der Waals surface area (Å²) in [5.41, 5.74) is 0. The maximum atomic E-state index is 0. The summed E-state index contributed by atoms with van der Waals surface area (Å²) >= 11 is 0. The second-order valence-electron chi connectivity index (χ2n) is 0. The van der Waals surface area contributed by atoms with Gasteiger partial charge in [0.05, 0.1) is 0 Å². The van der Waals surface area contributed by atoms with E-state index >= 15 is 0 Å². The van der Waals surface area contributed by atoms with Crippen molar-refractivity contribution in [2.45, 2.75) is 0 Å². The molecule has 0 aromatic rings. The van der Waals surface area contributed by atoms with Crippen LogP contribution in [-0.4, -0.2) is 17.1 Å². The molecule has 4 heteroatoms. The Hall–Kier alpha value is 1.79. The van der Waals surface area contributed by atoms with Gasteiger partial charge >= 0.3 is 17.1 Å². The topological polar surface area (TPSA) is 0 Å². The molecule has 0 heterocycles. The summed E-state index contributed by atoms with van der Waals surface area (Å²) in [7, 11) is 0. The molecule has 0 fully saturated rings. The summed E-state index contributed by atoms with van der Waals surface area (Å²) in [6.07, 6.45) is 0. The molecule has 1 unspecified atom stereocenters. The van der Waals surface area contributed by atoms with Gasteiger partial charge in [-0.15, -0.1) is 0 Å². The SMILES string of the molecule is P.S.[Ni].[SeH2]. The fourth-order valence-corrected chi connectivity index (χ4v) is 0. The van der Waals surface area contributed by atoms with Crippen molar-refractivity contribution in [3.63, 3.8) is 0 Å². The first-order valence-electron chi connectivity index (χ1n) is 0. The Morgan fingerprint density at radius 1 is 1.00 bits per heavy atom. The van der Waals surface area contributed by atoms with E-state index in [0.717, 1.165) is 0 Å². The second-order valence-corrected chi connectivity index (χ2v) is 0. The minimum absolute atomic E-state index is 0. The molecule has 0 nitrogen and oxygen atoms in total. The molecule has 4 heavy (non-hydrogen) atoms. The Balaban J connectivity index is 0. The predicted octanol–water partition coefficient (Wildman–Crippen LogP) is -0.748. The molecule has 0 spiro atoms. The van der Waals surface area contributed by atoms with Crippen LogP contribution in [0.25, 0.3) is 0 Å². The van der Waals surface area contributed by atoms with E-state index in [0.29, 0.717) is 0 Å². The molecule has 0 saturated carbocycles. The van der Waals surface area contributed by atoms with Gasteiger partial charge in [-0.25, -0.2) is 0 Å². The van der Waals surface area contributed by atoms with E-state index in [2.05, 4.69) is 0 Å². The van der Waals surface area contributed by atoms with Gasteiger partial charge < -0.3 is 0 Å². The third kappa shape index (κ3) is 9.20. The van der Waals surface area contributed by atoms with Crippen molar-refractivity contribution in [1.29, 1.82) is 0 Å². The summed E-state index contributed by atoms with van der Waals surface area (Å²) in [6.45, 7) is 0. The van der Waals surface area contributed by atoms with E-state index in [1.54, 1.807) is 0 Å². The van der Waals surface area contributed by atoms with Crippen molar-refractivity contribution in [2.75, 3.05) is 0 Å². The fourth-order valence-electron chi connectivity index (χ4n) is 0. The normalized spacial score (nSPS) is 0. The summed E-state index contributed by atoms with van der Waals surface area (Å²) in [4.78, 5) is 0. The first-order chi connectivity index (χ1) is 0. The molecule has 0 radical (unpaired) electrons. The Bertz CT molecular complexity index is 8.00. The zero-order chi connectivity index (χ0) is 0. The van der Waals surface area contributed by atoms with Crippen molar-refractivity contribution in [2.24, 2.45) is 0 Å². The fraction of sp³-hybridized carbons (Fsp3) is 0. The van der Waals surface area contributed by atoms with Crippen molar-refractivity contribution in [3.05, 3.63) is 0 Å². The molecule has 34 valence electrons. The van der Waals surface area contributed by atoms with Crippen LogP contribution in [-0.2, 0) is 16.5 Å². The molecule has 1 atom stereocenters. The average Bonchev–Trinajstić information content (AvgIpc) is 0. The van der Waals surface area contributed by atoms with Crippen molar-refractivity contribution in [3.8, 4) is 0 Å². The second kappa shape index (κ2) is 21.4. The van der Waals surface area contributed by atoms with Gasteiger partial charge in [0.2, 0.25) is 0 Å². The van der Waals surface area contributed by atoms with Crippen LogP contribution in [0, 0.1) is 0 Å².